The van der Waals surface area contributed by atoms with Crippen LogP contribution < -0.4 is 0 Å². The Morgan fingerprint density at radius 1 is 1.64 bits per heavy atom. The second-order valence-corrected chi connectivity index (χ2v) is 3.70. The van der Waals surface area contributed by atoms with Crippen molar-refractivity contribution < 1.29 is 14.3 Å². The zero-order valence-electron chi connectivity index (χ0n) is 9.13. The van der Waals surface area contributed by atoms with Crippen molar-refractivity contribution in [3.63, 3.8) is 0 Å². The molecule has 0 aromatic rings. The molecule has 1 heterocycles. The van der Waals surface area contributed by atoms with Crippen molar-refractivity contribution in [3.05, 3.63) is 11.6 Å². The fourth-order valence-corrected chi connectivity index (χ4v) is 1.42. The molecule has 0 N–H and O–H groups in total. The molecule has 1 saturated heterocycles. The van der Waals surface area contributed by atoms with E-state index in [2.05, 4.69) is 0 Å². The summed E-state index contributed by atoms with van der Waals surface area (Å²) in [6, 6.07) is 0. The van der Waals surface area contributed by atoms with Crippen molar-refractivity contribution in [1.29, 1.82) is 0 Å². The summed E-state index contributed by atoms with van der Waals surface area (Å²) in [7, 11) is 0. The van der Waals surface area contributed by atoms with Crippen molar-refractivity contribution in [3.8, 4) is 0 Å². The summed E-state index contributed by atoms with van der Waals surface area (Å²) in [4.78, 5) is 11.5. The van der Waals surface area contributed by atoms with E-state index in [1.54, 1.807) is 13.0 Å². The zero-order valence-corrected chi connectivity index (χ0v) is 9.13. The second-order valence-electron chi connectivity index (χ2n) is 3.70. The largest absolute Gasteiger partial charge is 0.453 e. The van der Waals surface area contributed by atoms with Crippen LogP contribution in [0.25, 0.3) is 0 Å². The molecule has 80 valence electrons. The molecule has 0 aromatic carbocycles. The van der Waals surface area contributed by atoms with E-state index in [1.807, 2.05) is 13.8 Å². The molecule has 1 fully saturated rings. The van der Waals surface area contributed by atoms with Crippen LogP contribution in [0, 0.1) is 0 Å². The van der Waals surface area contributed by atoms with E-state index in [-0.39, 0.29) is 11.6 Å². The van der Waals surface area contributed by atoms with Crippen LogP contribution in [0.5, 0.6) is 0 Å². The molecule has 0 spiro atoms. The number of carbonyl (C=O) groups excluding carboxylic acids is 1. The molecule has 3 nitrogen and oxygen atoms in total. The number of esters is 1. The maximum atomic E-state index is 11.5. The monoisotopic (exact) mass is 198 g/mol. The molecule has 3 heteroatoms. The summed E-state index contributed by atoms with van der Waals surface area (Å²) in [6.45, 7) is 6.84. The van der Waals surface area contributed by atoms with Crippen LogP contribution in [-0.2, 0) is 14.3 Å². The maximum Gasteiger partial charge on any atom is 0.334 e. The van der Waals surface area contributed by atoms with Crippen LogP contribution in [0.1, 0.15) is 33.6 Å². The summed E-state index contributed by atoms with van der Waals surface area (Å²) in [5.74, 6) is -0.222. The first-order valence-corrected chi connectivity index (χ1v) is 5.07. The summed E-state index contributed by atoms with van der Waals surface area (Å²) in [6.07, 6.45) is 3.39. The van der Waals surface area contributed by atoms with Crippen LogP contribution >= 0.6 is 0 Å². The van der Waals surface area contributed by atoms with Gasteiger partial charge in [-0.25, -0.2) is 4.79 Å². The Balaban J connectivity index is 2.61. The van der Waals surface area contributed by atoms with Gasteiger partial charge in [-0.05, 0) is 20.3 Å². The van der Waals surface area contributed by atoms with Gasteiger partial charge in [-0.1, -0.05) is 13.0 Å². The molecule has 0 amide bonds. The van der Waals surface area contributed by atoms with E-state index in [9.17, 15) is 4.79 Å². The summed E-state index contributed by atoms with van der Waals surface area (Å²) >= 11 is 0. The van der Waals surface area contributed by atoms with Gasteiger partial charge in [-0.15, -0.1) is 0 Å². The van der Waals surface area contributed by atoms with E-state index in [0.717, 1.165) is 12.8 Å². The van der Waals surface area contributed by atoms with E-state index in [4.69, 9.17) is 9.47 Å². The molecule has 0 radical (unpaired) electrons. The molecular weight excluding hydrogens is 180 g/mol. The first-order chi connectivity index (χ1) is 6.63. The van der Waals surface area contributed by atoms with Crippen molar-refractivity contribution in [1.82, 2.24) is 0 Å². The average Bonchev–Trinajstić information content (AvgIpc) is 2.65. The van der Waals surface area contributed by atoms with Gasteiger partial charge in [-0.3, -0.25) is 0 Å². The maximum absolute atomic E-state index is 11.5. The van der Waals surface area contributed by atoms with Crippen molar-refractivity contribution >= 4 is 5.97 Å². The molecule has 0 saturated carbocycles. The number of ether oxygens (including phenoxy) is 2. The number of allylic oxidation sites excluding steroid dienone is 1. The van der Waals surface area contributed by atoms with Crippen LogP contribution in [0.4, 0.5) is 0 Å². The molecule has 0 bridgehead atoms. The Morgan fingerprint density at radius 3 is 2.79 bits per heavy atom. The van der Waals surface area contributed by atoms with Gasteiger partial charge in [0.05, 0.1) is 13.2 Å². The van der Waals surface area contributed by atoms with Gasteiger partial charge in [0, 0.05) is 12.0 Å². The third-order valence-electron chi connectivity index (χ3n) is 2.78. The second kappa shape index (κ2) is 4.60. The first kappa shape index (κ1) is 11.2. The van der Waals surface area contributed by atoms with Crippen LogP contribution in [0.2, 0.25) is 0 Å². The van der Waals surface area contributed by atoms with Crippen molar-refractivity contribution in [2.24, 2.45) is 0 Å². The Labute approximate surface area is 85.1 Å². The predicted octanol–water partition coefficient (Wildman–Crippen LogP) is 2.06. The van der Waals surface area contributed by atoms with Gasteiger partial charge >= 0.3 is 5.97 Å². The minimum Gasteiger partial charge on any atom is -0.453 e. The van der Waals surface area contributed by atoms with E-state index >= 15 is 0 Å². The molecular formula is C11H18O3. The SMILES string of the molecule is CC=C(C)C(=O)OC1(CC)CCOC1. The molecule has 0 aliphatic carbocycles. The highest BCUT2D eigenvalue weighted by atomic mass is 16.6. The van der Waals surface area contributed by atoms with E-state index in [1.165, 1.54) is 0 Å². The third kappa shape index (κ3) is 2.35. The number of carbonyl (C=O) groups is 1. The summed E-state index contributed by atoms with van der Waals surface area (Å²) in [5, 5.41) is 0. The average molecular weight is 198 g/mol. The van der Waals surface area contributed by atoms with Gasteiger partial charge in [0.1, 0.15) is 5.60 Å². The standard InChI is InChI=1S/C11H18O3/c1-4-9(3)10(12)14-11(5-2)6-7-13-8-11/h4H,5-8H2,1-3H3. The highest BCUT2D eigenvalue weighted by Gasteiger charge is 2.37. The van der Waals surface area contributed by atoms with E-state index < -0.39 is 0 Å². The molecule has 1 unspecified atom stereocenters. The Bertz CT molecular complexity index is 237. The van der Waals surface area contributed by atoms with Gasteiger partial charge in [0.2, 0.25) is 0 Å². The van der Waals surface area contributed by atoms with Gasteiger partial charge in [-0.2, -0.15) is 0 Å². The molecule has 0 aromatic heterocycles. The summed E-state index contributed by atoms with van der Waals surface area (Å²) < 4.78 is 10.7. The van der Waals surface area contributed by atoms with Gasteiger partial charge < -0.3 is 9.47 Å². The lowest BCUT2D eigenvalue weighted by Crippen LogP contribution is -2.35. The molecule has 1 aliphatic rings. The van der Waals surface area contributed by atoms with Crippen molar-refractivity contribution in [2.45, 2.75) is 39.2 Å². The highest BCUT2D eigenvalue weighted by molar-refractivity contribution is 5.87. The fraction of sp³-hybridized carbons (Fsp3) is 0.727. The lowest BCUT2D eigenvalue weighted by Gasteiger charge is -2.26. The number of hydrogen-bond acceptors (Lipinski definition) is 3. The predicted molar refractivity (Wildman–Crippen MR) is 54.0 cm³/mol. The molecule has 1 atom stereocenters. The van der Waals surface area contributed by atoms with E-state index in [0.29, 0.717) is 18.8 Å². The van der Waals surface area contributed by atoms with Crippen LogP contribution in [-0.4, -0.2) is 24.8 Å². The van der Waals surface area contributed by atoms with Gasteiger partial charge in [0.25, 0.3) is 0 Å². The minimum atomic E-state index is -0.374. The third-order valence-corrected chi connectivity index (χ3v) is 2.78. The molecule has 1 rings (SSSR count). The Morgan fingerprint density at radius 2 is 2.36 bits per heavy atom. The fourth-order valence-electron chi connectivity index (χ4n) is 1.42. The highest BCUT2D eigenvalue weighted by Crippen LogP contribution is 2.27. The van der Waals surface area contributed by atoms with Gasteiger partial charge in [0.15, 0.2) is 0 Å². The molecule has 1 aliphatic heterocycles. The minimum absolute atomic E-state index is 0.222. The summed E-state index contributed by atoms with van der Waals surface area (Å²) in [5.41, 5.74) is 0.283. The number of hydrogen-bond donors (Lipinski definition) is 0. The lowest BCUT2D eigenvalue weighted by molar-refractivity contribution is -0.155. The smallest absolute Gasteiger partial charge is 0.334 e. The normalized spacial score (nSPS) is 27.8. The zero-order chi connectivity index (χ0) is 10.6. The van der Waals surface area contributed by atoms with Crippen LogP contribution in [0.3, 0.4) is 0 Å². The Kier molecular flexibility index (Phi) is 3.69. The Hall–Kier alpha value is -0.830. The molecule has 14 heavy (non-hydrogen) atoms. The van der Waals surface area contributed by atoms with Crippen LogP contribution in [0.15, 0.2) is 11.6 Å². The lowest BCUT2D eigenvalue weighted by atomic mass is 10.00. The topological polar surface area (TPSA) is 35.5 Å². The number of rotatable bonds is 3. The quantitative estimate of drug-likeness (QED) is 0.514. The first-order valence-electron chi connectivity index (χ1n) is 5.07. The van der Waals surface area contributed by atoms with Crippen molar-refractivity contribution in [2.75, 3.05) is 13.2 Å².